The van der Waals surface area contributed by atoms with Gasteiger partial charge in [0.05, 0.1) is 22.1 Å². The quantitative estimate of drug-likeness (QED) is 0.301. The van der Waals surface area contributed by atoms with Crippen molar-refractivity contribution in [1.29, 1.82) is 0 Å². The highest BCUT2D eigenvalue weighted by molar-refractivity contribution is 6.46. The molecular formula is C19H16N2O5. The second kappa shape index (κ2) is 6.44. The number of Topliss-reactive ketones (excluding diaryl/α,β-unsaturated/α-hetero) is 1. The van der Waals surface area contributed by atoms with E-state index < -0.39 is 22.7 Å². The molecule has 0 aliphatic carbocycles. The summed E-state index contributed by atoms with van der Waals surface area (Å²) in [7, 11) is 1.39. The van der Waals surface area contributed by atoms with E-state index in [1.54, 1.807) is 30.3 Å². The molecule has 132 valence electrons. The highest BCUT2D eigenvalue weighted by atomic mass is 16.6. The van der Waals surface area contributed by atoms with Crippen LogP contribution in [0.15, 0.2) is 54.1 Å². The topological polar surface area (TPSA) is 101 Å². The van der Waals surface area contributed by atoms with Crippen LogP contribution in [-0.4, -0.2) is 33.7 Å². The first-order valence-corrected chi connectivity index (χ1v) is 7.88. The van der Waals surface area contributed by atoms with Gasteiger partial charge in [-0.2, -0.15) is 0 Å². The average Bonchev–Trinajstić information content (AvgIpc) is 2.85. The van der Waals surface area contributed by atoms with Crippen molar-refractivity contribution < 1.29 is 19.6 Å². The highest BCUT2D eigenvalue weighted by Crippen LogP contribution is 2.41. The zero-order valence-electron chi connectivity index (χ0n) is 14.2. The van der Waals surface area contributed by atoms with E-state index in [1.165, 1.54) is 25.2 Å². The number of likely N-dealkylation sites (tertiary alicyclic amines) is 1. The van der Waals surface area contributed by atoms with Gasteiger partial charge in [0.25, 0.3) is 17.4 Å². The van der Waals surface area contributed by atoms with Crippen LogP contribution in [0.4, 0.5) is 5.69 Å². The van der Waals surface area contributed by atoms with Crippen molar-refractivity contribution in [1.82, 2.24) is 4.90 Å². The number of benzene rings is 2. The number of amides is 1. The number of ketones is 1. The molecule has 7 nitrogen and oxygen atoms in total. The maximum atomic E-state index is 12.5. The van der Waals surface area contributed by atoms with Gasteiger partial charge in [-0.25, -0.2) is 0 Å². The number of carbonyl (C=O) groups excluding carboxylic acids is 2. The molecule has 2 aromatic rings. The van der Waals surface area contributed by atoms with E-state index >= 15 is 0 Å². The number of aryl methyl sites for hydroxylation is 1. The molecule has 26 heavy (non-hydrogen) atoms. The van der Waals surface area contributed by atoms with E-state index in [1.807, 2.05) is 6.92 Å². The minimum absolute atomic E-state index is 0.157. The fourth-order valence-corrected chi connectivity index (χ4v) is 3.06. The molecule has 1 N–H and O–H groups in total. The summed E-state index contributed by atoms with van der Waals surface area (Å²) in [6, 6.07) is 11.6. The Hall–Kier alpha value is -3.48. The van der Waals surface area contributed by atoms with Crippen LogP contribution in [0.25, 0.3) is 5.76 Å². The third-order valence-corrected chi connectivity index (χ3v) is 4.43. The molecule has 1 amide bonds. The second-order valence-electron chi connectivity index (χ2n) is 6.09. The molecule has 0 saturated carbocycles. The van der Waals surface area contributed by atoms with Crippen molar-refractivity contribution in [3.63, 3.8) is 0 Å². The zero-order valence-corrected chi connectivity index (χ0v) is 14.2. The number of nitro benzene ring substituents is 1. The van der Waals surface area contributed by atoms with Gasteiger partial charge in [0.2, 0.25) is 0 Å². The molecule has 1 fully saturated rings. The Morgan fingerprint density at radius 2 is 1.73 bits per heavy atom. The monoisotopic (exact) mass is 352 g/mol. The van der Waals surface area contributed by atoms with Crippen LogP contribution in [0.1, 0.15) is 22.7 Å². The Kier molecular flexibility index (Phi) is 4.29. The molecular weight excluding hydrogens is 336 g/mol. The lowest BCUT2D eigenvalue weighted by Crippen LogP contribution is -2.25. The molecule has 1 aliphatic heterocycles. The molecule has 0 spiro atoms. The predicted molar refractivity (Wildman–Crippen MR) is 94.3 cm³/mol. The SMILES string of the molecule is Cc1ccc(C(O)=C2C(=O)C(=O)N(C)[C@H]2c2ccccc2[N+](=O)[O-])cc1. The first kappa shape index (κ1) is 17.3. The molecule has 7 heteroatoms. The maximum Gasteiger partial charge on any atom is 0.295 e. The molecule has 0 radical (unpaired) electrons. The Morgan fingerprint density at radius 3 is 2.35 bits per heavy atom. The molecule has 1 aliphatic rings. The van der Waals surface area contributed by atoms with Crippen LogP contribution in [0.3, 0.4) is 0 Å². The Balaban J connectivity index is 2.24. The van der Waals surface area contributed by atoms with Crippen LogP contribution in [0.2, 0.25) is 0 Å². The number of hydrogen-bond donors (Lipinski definition) is 1. The summed E-state index contributed by atoms with van der Waals surface area (Å²) >= 11 is 0. The molecule has 0 unspecified atom stereocenters. The molecule has 0 aromatic heterocycles. The van der Waals surface area contributed by atoms with Gasteiger partial charge < -0.3 is 10.0 Å². The summed E-state index contributed by atoms with van der Waals surface area (Å²) in [5.41, 5.74) is 1.13. The maximum absolute atomic E-state index is 12.5. The number of rotatable bonds is 3. The number of nitrogens with zero attached hydrogens (tertiary/aromatic N) is 2. The van der Waals surface area contributed by atoms with Crippen LogP contribution in [0.5, 0.6) is 0 Å². The van der Waals surface area contributed by atoms with Crippen LogP contribution in [-0.2, 0) is 9.59 Å². The van der Waals surface area contributed by atoms with Crippen LogP contribution < -0.4 is 0 Å². The van der Waals surface area contributed by atoms with Gasteiger partial charge in [-0.1, -0.05) is 42.0 Å². The summed E-state index contributed by atoms with van der Waals surface area (Å²) in [5, 5.41) is 22.1. The first-order valence-electron chi connectivity index (χ1n) is 7.88. The van der Waals surface area contributed by atoms with E-state index in [2.05, 4.69) is 0 Å². The lowest BCUT2D eigenvalue weighted by molar-refractivity contribution is -0.385. The predicted octanol–water partition coefficient (Wildman–Crippen LogP) is 2.95. The van der Waals surface area contributed by atoms with Gasteiger partial charge in [-0.15, -0.1) is 0 Å². The molecule has 3 rings (SSSR count). The van der Waals surface area contributed by atoms with Gasteiger partial charge in [-0.05, 0) is 13.0 Å². The lowest BCUT2D eigenvalue weighted by atomic mass is 9.94. The van der Waals surface area contributed by atoms with Gasteiger partial charge in [0, 0.05) is 18.7 Å². The summed E-state index contributed by atoms with van der Waals surface area (Å²) in [5.74, 6) is -2.04. The van der Waals surface area contributed by atoms with Crippen LogP contribution in [0, 0.1) is 17.0 Å². The Morgan fingerprint density at radius 1 is 1.12 bits per heavy atom. The average molecular weight is 352 g/mol. The van der Waals surface area contributed by atoms with Crippen molar-refractivity contribution in [3.05, 3.63) is 80.9 Å². The van der Waals surface area contributed by atoms with E-state index in [4.69, 9.17) is 0 Å². The molecule has 0 bridgehead atoms. The molecule has 1 atom stereocenters. The van der Waals surface area contributed by atoms with Gasteiger partial charge in [0.15, 0.2) is 0 Å². The zero-order chi connectivity index (χ0) is 19.0. The third kappa shape index (κ3) is 2.73. The van der Waals surface area contributed by atoms with Gasteiger partial charge >= 0.3 is 0 Å². The minimum Gasteiger partial charge on any atom is -0.507 e. The van der Waals surface area contributed by atoms with Crippen molar-refractivity contribution >= 4 is 23.1 Å². The molecule has 2 aromatic carbocycles. The standard InChI is InChI=1S/C19H16N2O5/c1-11-7-9-12(10-8-11)17(22)15-16(20(2)19(24)18(15)23)13-5-3-4-6-14(13)21(25)26/h3-10,16,22H,1-2H3/t16-/m0/s1. The number of hydrogen-bond acceptors (Lipinski definition) is 5. The fourth-order valence-electron chi connectivity index (χ4n) is 3.06. The summed E-state index contributed by atoms with van der Waals surface area (Å²) in [4.78, 5) is 36.6. The normalized spacial score (nSPS) is 19.0. The van der Waals surface area contributed by atoms with Crippen molar-refractivity contribution in [2.75, 3.05) is 7.05 Å². The number of aliphatic hydroxyl groups excluding tert-OH is 1. The summed E-state index contributed by atoms with van der Waals surface area (Å²) in [6.45, 7) is 1.88. The Bertz CT molecular complexity index is 947. The number of carbonyl (C=O) groups is 2. The number of nitro groups is 1. The second-order valence-corrected chi connectivity index (χ2v) is 6.09. The minimum atomic E-state index is -1.03. The van der Waals surface area contributed by atoms with E-state index in [-0.39, 0.29) is 22.6 Å². The van der Waals surface area contributed by atoms with Crippen molar-refractivity contribution in [2.45, 2.75) is 13.0 Å². The lowest BCUT2D eigenvalue weighted by Gasteiger charge is -2.20. The fraction of sp³-hybridized carbons (Fsp3) is 0.158. The van der Waals surface area contributed by atoms with Gasteiger partial charge in [-0.3, -0.25) is 19.7 Å². The van der Waals surface area contributed by atoms with E-state index in [9.17, 15) is 24.8 Å². The molecule has 1 heterocycles. The number of aliphatic hydroxyl groups is 1. The van der Waals surface area contributed by atoms with Crippen molar-refractivity contribution in [3.8, 4) is 0 Å². The van der Waals surface area contributed by atoms with Gasteiger partial charge in [0.1, 0.15) is 5.76 Å². The highest BCUT2D eigenvalue weighted by Gasteiger charge is 2.46. The first-order chi connectivity index (χ1) is 12.3. The van der Waals surface area contributed by atoms with E-state index in [0.29, 0.717) is 5.56 Å². The number of para-hydroxylation sites is 1. The number of likely N-dealkylation sites (N-methyl/N-ethyl adjacent to an activating group) is 1. The summed E-state index contributed by atoms with van der Waals surface area (Å²) < 4.78 is 0. The summed E-state index contributed by atoms with van der Waals surface area (Å²) in [6.07, 6.45) is 0. The van der Waals surface area contributed by atoms with E-state index in [0.717, 1.165) is 10.5 Å². The third-order valence-electron chi connectivity index (χ3n) is 4.43. The van der Waals surface area contributed by atoms with Crippen LogP contribution >= 0.6 is 0 Å². The largest absolute Gasteiger partial charge is 0.507 e. The Labute approximate surface area is 149 Å². The smallest absolute Gasteiger partial charge is 0.295 e. The molecule has 1 saturated heterocycles. The van der Waals surface area contributed by atoms with Crippen molar-refractivity contribution in [2.24, 2.45) is 0 Å².